The van der Waals surface area contributed by atoms with Gasteiger partial charge in [-0.1, -0.05) is 48.0 Å². The molecule has 1 saturated heterocycles. The summed E-state index contributed by atoms with van der Waals surface area (Å²) in [6.45, 7) is 2.91. The lowest BCUT2D eigenvalue weighted by Gasteiger charge is -2.31. The van der Waals surface area contributed by atoms with Crippen LogP contribution in [0.1, 0.15) is 24.0 Å². The van der Waals surface area contributed by atoms with Crippen LogP contribution in [0.25, 0.3) is 6.08 Å². The number of nitrogens with zero attached hydrogens (tertiary/aromatic N) is 3. The van der Waals surface area contributed by atoms with Gasteiger partial charge < -0.3 is 10.2 Å². The summed E-state index contributed by atoms with van der Waals surface area (Å²) in [6.07, 6.45) is 9.21. The Morgan fingerprint density at radius 3 is 2.64 bits per heavy atom. The van der Waals surface area contributed by atoms with Crippen LogP contribution < -0.4 is 5.32 Å². The Morgan fingerprint density at radius 2 is 1.96 bits per heavy atom. The van der Waals surface area contributed by atoms with Crippen molar-refractivity contribution in [3.05, 3.63) is 71.6 Å². The highest BCUT2D eigenvalue weighted by atomic mass is 15.3. The van der Waals surface area contributed by atoms with Crippen molar-refractivity contribution in [1.29, 1.82) is 0 Å². The molecule has 0 spiro atoms. The van der Waals surface area contributed by atoms with Gasteiger partial charge in [-0.05, 0) is 36.5 Å². The highest BCUT2D eigenvalue weighted by molar-refractivity contribution is 5.80. The number of aliphatic imine (C=N–C) groups is 1. The van der Waals surface area contributed by atoms with Gasteiger partial charge in [-0.25, -0.2) is 0 Å². The van der Waals surface area contributed by atoms with Gasteiger partial charge in [0.1, 0.15) is 0 Å². The van der Waals surface area contributed by atoms with Crippen LogP contribution in [0.15, 0.2) is 65.4 Å². The molecule has 1 aliphatic rings. The number of likely N-dealkylation sites (tertiary alicyclic amines) is 1. The van der Waals surface area contributed by atoms with Crippen LogP contribution in [0.5, 0.6) is 0 Å². The molecule has 0 aliphatic carbocycles. The van der Waals surface area contributed by atoms with Crippen molar-refractivity contribution >= 4 is 12.0 Å². The fourth-order valence-corrected chi connectivity index (χ4v) is 3.13. The van der Waals surface area contributed by atoms with Crippen LogP contribution in [0.3, 0.4) is 0 Å². The normalized spacial score (nSPS) is 15.2. The third-order valence-electron chi connectivity index (χ3n) is 4.51. The summed E-state index contributed by atoms with van der Waals surface area (Å²) in [5.74, 6) is 1.00. The number of piperidine rings is 1. The van der Waals surface area contributed by atoms with E-state index in [4.69, 9.17) is 0 Å². The summed E-state index contributed by atoms with van der Waals surface area (Å²) >= 11 is 0. The Labute approximate surface area is 150 Å². The van der Waals surface area contributed by atoms with Crippen LogP contribution in [0.2, 0.25) is 0 Å². The van der Waals surface area contributed by atoms with Crippen LogP contribution >= 0.6 is 0 Å². The third-order valence-corrected chi connectivity index (χ3v) is 4.51. The van der Waals surface area contributed by atoms with Crippen molar-refractivity contribution in [2.45, 2.75) is 19.3 Å². The summed E-state index contributed by atoms with van der Waals surface area (Å²) in [4.78, 5) is 11.0. The predicted octanol–water partition coefficient (Wildman–Crippen LogP) is 3.38. The molecule has 1 fully saturated rings. The number of hydrogen-bond donors (Lipinski definition) is 1. The van der Waals surface area contributed by atoms with Crippen molar-refractivity contribution in [3.63, 3.8) is 0 Å². The zero-order chi connectivity index (χ0) is 17.3. The number of aromatic nitrogens is 1. The van der Waals surface area contributed by atoms with Gasteiger partial charge in [0.2, 0.25) is 0 Å². The standard InChI is InChI=1S/C21H26N4/c1-22-21(24-13-9-20-8-5-12-23-17-20)25-14-10-19(11-15-25)16-18-6-3-2-4-7-18/h2-8,12,16-17H,9-11,13-15H2,1H3,(H,22,24). The fraction of sp³-hybridized carbons (Fsp3) is 0.333. The number of rotatable bonds is 4. The van der Waals surface area contributed by atoms with E-state index in [1.165, 1.54) is 16.7 Å². The molecule has 25 heavy (non-hydrogen) atoms. The van der Waals surface area contributed by atoms with Crippen molar-refractivity contribution in [2.24, 2.45) is 4.99 Å². The summed E-state index contributed by atoms with van der Waals surface area (Å²) in [6, 6.07) is 14.7. The largest absolute Gasteiger partial charge is 0.356 e. The Balaban J connectivity index is 1.48. The molecule has 3 rings (SSSR count). The van der Waals surface area contributed by atoms with Crippen molar-refractivity contribution in [1.82, 2.24) is 15.2 Å². The average Bonchev–Trinajstić information content (AvgIpc) is 2.68. The number of guanidine groups is 1. The molecule has 1 N–H and O–H groups in total. The Bertz CT molecular complexity index is 697. The van der Waals surface area contributed by atoms with E-state index in [0.29, 0.717) is 0 Å². The molecule has 1 aromatic carbocycles. The topological polar surface area (TPSA) is 40.5 Å². The number of pyridine rings is 1. The van der Waals surface area contributed by atoms with Crippen LogP contribution in [-0.2, 0) is 6.42 Å². The first-order valence-electron chi connectivity index (χ1n) is 8.94. The van der Waals surface area contributed by atoms with E-state index in [1.54, 1.807) is 0 Å². The summed E-state index contributed by atoms with van der Waals surface area (Å²) in [7, 11) is 1.86. The maximum atomic E-state index is 4.45. The highest BCUT2D eigenvalue weighted by Crippen LogP contribution is 2.19. The summed E-state index contributed by atoms with van der Waals surface area (Å²) in [5.41, 5.74) is 4.07. The second kappa shape index (κ2) is 9.02. The Hall–Kier alpha value is -2.62. The molecule has 4 heteroatoms. The number of benzene rings is 1. The average molecular weight is 334 g/mol. The van der Waals surface area contributed by atoms with Crippen molar-refractivity contribution in [3.8, 4) is 0 Å². The molecule has 1 aliphatic heterocycles. The highest BCUT2D eigenvalue weighted by Gasteiger charge is 2.16. The maximum Gasteiger partial charge on any atom is 0.193 e. The van der Waals surface area contributed by atoms with E-state index in [1.807, 2.05) is 25.5 Å². The van der Waals surface area contributed by atoms with E-state index < -0.39 is 0 Å². The lowest BCUT2D eigenvalue weighted by atomic mass is 10.0. The molecule has 0 atom stereocenters. The van der Waals surface area contributed by atoms with Gasteiger partial charge in [-0.2, -0.15) is 0 Å². The van der Waals surface area contributed by atoms with Gasteiger partial charge in [0, 0.05) is 39.1 Å². The van der Waals surface area contributed by atoms with E-state index in [2.05, 4.69) is 62.7 Å². The first-order chi connectivity index (χ1) is 12.3. The molecular formula is C21H26N4. The second-order valence-electron chi connectivity index (χ2n) is 6.29. The Kier molecular flexibility index (Phi) is 6.21. The molecule has 2 heterocycles. The number of nitrogens with one attached hydrogen (secondary N) is 1. The van der Waals surface area contributed by atoms with Gasteiger partial charge in [0.05, 0.1) is 0 Å². The minimum atomic E-state index is 0.877. The zero-order valence-corrected chi connectivity index (χ0v) is 14.9. The van der Waals surface area contributed by atoms with Crippen LogP contribution in [-0.4, -0.2) is 42.5 Å². The molecule has 0 amide bonds. The van der Waals surface area contributed by atoms with Gasteiger partial charge in [-0.15, -0.1) is 0 Å². The van der Waals surface area contributed by atoms with E-state index in [9.17, 15) is 0 Å². The minimum absolute atomic E-state index is 0.877. The lowest BCUT2D eigenvalue weighted by Crippen LogP contribution is -2.45. The first kappa shape index (κ1) is 17.2. The summed E-state index contributed by atoms with van der Waals surface area (Å²) in [5, 5.41) is 3.48. The minimum Gasteiger partial charge on any atom is -0.356 e. The first-order valence-corrected chi connectivity index (χ1v) is 8.94. The number of hydrogen-bond acceptors (Lipinski definition) is 2. The zero-order valence-electron chi connectivity index (χ0n) is 14.9. The quantitative estimate of drug-likeness (QED) is 0.688. The van der Waals surface area contributed by atoms with Crippen molar-refractivity contribution in [2.75, 3.05) is 26.7 Å². The molecule has 0 radical (unpaired) electrons. The molecule has 0 saturated carbocycles. The SMILES string of the molecule is CN=C(NCCc1cccnc1)N1CCC(=Cc2ccccc2)CC1. The van der Waals surface area contributed by atoms with Gasteiger partial charge in [0.15, 0.2) is 5.96 Å². The van der Waals surface area contributed by atoms with Gasteiger partial charge in [0.25, 0.3) is 0 Å². The monoisotopic (exact) mass is 334 g/mol. The van der Waals surface area contributed by atoms with Gasteiger partial charge in [-0.3, -0.25) is 9.98 Å². The molecule has 2 aromatic rings. The summed E-state index contributed by atoms with van der Waals surface area (Å²) < 4.78 is 0. The van der Waals surface area contributed by atoms with Crippen LogP contribution in [0.4, 0.5) is 0 Å². The molecule has 0 bridgehead atoms. The van der Waals surface area contributed by atoms with E-state index >= 15 is 0 Å². The molecule has 0 unspecified atom stereocenters. The van der Waals surface area contributed by atoms with E-state index in [0.717, 1.165) is 44.9 Å². The lowest BCUT2D eigenvalue weighted by molar-refractivity contribution is 0.376. The molecular weight excluding hydrogens is 308 g/mol. The van der Waals surface area contributed by atoms with Crippen molar-refractivity contribution < 1.29 is 0 Å². The van der Waals surface area contributed by atoms with Crippen LogP contribution in [0, 0.1) is 0 Å². The molecule has 1 aromatic heterocycles. The third kappa shape index (κ3) is 5.18. The second-order valence-corrected chi connectivity index (χ2v) is 6.29. The Morgan fingerprint density at radius 1 is 1.16 bits per heavy atom. The molecule has 4 nitrogen and oxygen atoms in total. The molecule has 130 valence electrons. The van der Waals surface area contributed by atoms with E-state index in [-0.39, 0.29) is 0 Å². The maximum absolute atomic E-state index is 4.45. The smallest absolute Gasteiger partial charge is 0.193 e. The predicted molar refractivity (Wildman–Crippen MR) is 105 cm³/mol. The van der Waals surface area contributed by atoms with Gasteiger partial charge >= 0.3 is 0 Å². The fourth-order valence-electron chi connectivity index (χ4n) is 3.13.